The molecule has 0 unspecified atom stereocenters. The lowest BCUT2D eigenvalue weighted by atomic mass is 10.2. The third kappa shape index (κ3) is 3.57. The molecule has 2 aromatic rings. The number of nitrogens with one attached hydrogen (secondary N) is 1. The lowest BCUT2D eigenvalue weighted by Gasteiger charge is -2.05. The Labute approximate surface area is 107 Å². The summed E-state index contributed by atoms with van der Waals surface area (Å²) in [5, 5.41) is 4.24. The third-order valence-electron chi connectivity index (χ3n) is 2.86. The van der Waals surface area contributed by atoms with Crippen molar-refractivity contribution in [2.45, 2.75) is 26.7 Å². The van der Waals surface area contributed by atoms with Crippen molar-refractivity contribution >= 4 is 11.0 Å². The van der Waals surface area contributed by atoms with E-state index in [2.05, 4.69) is 19.2 Å². The van der Waals surface area contributed by atoms with Crippen molar-refractivity contribution in [3.8, 4) is 0 Å². The predicted octanol–water partition coefficient (Wildman–Crippen LogP) is 3.75. The maximum absolute atomic E-state index is 13.0. The van der Waals surface area contributed by atoms with E-state index in [1.165, 1.54) is 12.1 Å². The van der Waals surface area contributed by atoms with Crippen molar-refractivity contribution in [3.05, 3.63) is 35.8 Å². The van der Waals surface area contributed by atoms with Gasteiger partial charge in [0, 0.05) is 11.8 Å². The monoisotopic (exact) mass is 249 g/mol. The van der Waals surface area contributed by atoms with Crippen molar-refractivity contribution in [1.82, 2.24) is 5.32 Å². The maximum Gasteiger partial charge on any atom is 0.134 e. The van der Waals surface area contributed by atoms with Crippen molar-refractivity contribution in [3.63, 3.8) is 0 Å². The van der Waals surface area contributed by atoms with Gasteiger partial charge in [-0.05, 0) is 49.7 Å². The molecule has 1 heterocycles. The first-order valence-corrected chi connectivity index (χ1v) is 6.54. The molecule has 98 valence electrons. The smallest absolute Gasteiger partial charge is 0.134 e. The fourth-order valence-corrected chi connectivity index (χ4v) is 1.97. The molecule has 18 heavy (non-hydrogen) atoms. The van der Waals surface area contributed by atoms with Gasteiger partial charge in [-0.3, -0.25) is 0 Å². The molecule has 0 bridgehead atoms. The van der Waals surface area contributed by atoms with E-state index in [9.17, 15) is 4.39 Å². The average molecular weight is 249 g/mol. The molecule has 0 fully saturated rings. The highest BCUT2D eigenvalue weighted by molar-refractivity contribution is 5.77. The van der Waals surface area contributed by atoms with Crippen molar-refractivity contribution in [2.24, 2.45) is 5.92 Å². The zero-order chi connectivity index (χ0) is 13.0. The van der Waals surface area contributed by atoms with Crippen LogP contribution in [0.2, 0.25) is 0 Å². The number of benzene rings is 1. The highest BCUT2D eigenvalue weighted by Gasteiger charge is 2.04. The Morgan fingerprint density at radius 1 is 1.28 bits per heavy atom. The molecule has 0 aliphatic carbocycles. The fourth-order valence-electron chi connectivity index (χ4n) is 1.97. The Morgan fingerprint density at radius 3 is 2.89 bits per heavy atom. The molecule has 0 amide bonds. The number of hydrogen-bond donors (Lipinski definition) is 1. The van der Waals surface area contributed by atoms with Gasteiger partial charge in [-0.2, -0.15) is 0 Å². The fraction of sp³-hybridized carbons (Fsp3) is 0.467. The lowest BCUT2D eigenvalue weighted by molar-refractivity contribution is 0.509. The molecule has 0 saturated heterocycles. The molecule has 1 N–H and O–H groups in total. The number of halogens is 1. The number of fused-ring (bicyclic) bond motifs is 1. The van der Waals surface area contributed by atoms with Gasteiger partial charge < -0.3 is 9.73 Å². The molecular weight excluding hydrogens is 229 g/mol. The van der Waals surface area contributed by atoms with Crippen molar-refractivity contribution in [1.29, 1.82) is 0 Å². The van der Waals surface area contributed by atoms with Gasteiger partial charge in [0.15, 0.2) is 0 Å². The molecule has 3 heteroatoms. The zero-order valence-corrected chi connectivity index (χ0v) is 11.0. The SMILES string of the molecule is CC(C)CNCCCc1cc2cc(F)ccc2o1. The van der Waals surface area contributed by atoms with Gasteiger partial charge in [0.1, 0.15) is 17.2 Å². The molecule has 0 radical (unpaired) electrons. The Morgan fingerprint density at radius 2 is 2.11 bits per heavy atom. The van der Waals surface area contributed by atoms with E-state index >= 15 is 0 Å². The Hall–Kier alpha value is -1.35. The van der Waals surface area contributed by atoms with E-state index in [1.54, 1.807) is 6.07 Å². The first kappa shape index (κ1) is 13.1. The van der Waals surface area contributed by atoms with E-state index in [-0.39, 0.29) is 5.82 Å². The molecule has 1 aromatic carbocycles. The summed E-state index contributed by atoms with van der Waals surface area (Å²) in [6, 6.07) is 6.56. The summed E-state index contributed by atoms with van der Waals surface area (Å²) in [5.74, 6) is 1.40. The van der Waals surface area contributed by atoms with Crippen LogP contribution in [0.4, 0.5) is 4.39 Å². The first-order valence-electron chi connectivity index (χ1n) is 6.54. The third-order valence-corrected chi connectivity index (χ3v) is 2.86. The largest absolute Gasteiger partial charge is 0.461 e. The Bertz CT molecular complexity index is 504. The predicted molar refractivity (Wildman–Crippen MR) is 72.2 cm³/mol. The van der Waals surface area contributed by atoms with Crippen LogP contribution in [0.15, 0.2) is 28.7 Å². The summed E-state index contributed by atoms with van der Waals surface area (Å²) in [7, 11) is 0. The summed E-state index contributed by atoms with van der Waals surface area (Å²) >= 11 is 0. The number of rotatable bonds is 6. The summed E-state index contributed by atoms with van der Waals surface area (Å²) in [5.41, 5.74) is 0.765. The zero-order valence-electron chi connectivity index (χ0n) is 11.0. The summed E-state index contributed by atoms with van der Waals surface area (Å²) in [6.45, 7) is 6.43. The average Bonchev–Trinajstić information content (AvgIpc) is 2.70. The second kappa shape index (κ2) is 6.01. The minimum atomic E-state index is -0.214. The van der Waals surface area contributed by atoms with Crippen LogP contribution in [-0.2, 0) is 6.42 Å². The first-order chi connectivity index (χ1) is 8.65. The quantitative estimate of drug-likeness (QED) is 0.789. The van der Waals surface area contributed by atoms with E-state index in [0.717, 1.165) is 42.7 Å². The van der Waals surface area contributed by atoms with Gasteiger partial charge in [-0.15, -0.1) is 0 Å². The second-order valence-electron chi connectivity index (χ2n) is 5.10. The lowest BCUT2D eigenvalue weighted by Crippen LogP contribution is -2.20. The topological polar surface area (TPSA) is 25.2 Å². The highest BCUT2D eigenvalue weighted by Crippen LogP contribution is 2.21. The van der Waals surface area contributed by atoms with Crippen LogP contribution in [0.3, 0.4) is 0 Å². The molecule has 0 atom stereocenters. The van der Waals surface area contributed by atoms with Crippen LogP contribution < -0.4 is 5.32 Å². The van der Waals surface area contributed by atoms with E-state index in [1.807, 2.05) is 6.07 Å². The molecule has 2 nitrogen and oxygen atoms in total. The number of hydrogen-bond acceptors (Lipinski definition) is 2. The summed E-state index contributed by atoms with van der Waals surface area (Å²) < 4.78 is 18.7. The van der Waals surface area contributed by atoms with Gasteiger partial charge in [0.25, 0.3) is 0 Å². The van der Waals surface area contributed by atoms with E-state index in [0.29, 0.717) is 5.92 Å². The summed E-state index contributed by atoms with van der Waals surface area (Å²) in [4.78, 5) is 0. The molecule has 1 aromatic heterocycles. The van der Waals surface area contributed by atoms with Gasteiger partial charge in [-0.25, -0.2) is 4.39 Å². The van der Waals surface area contributed by atoms with E-state index < -0.39 is 0 Å². The minimum Gasteiger partial charge on any atom is -0.461 e. The van der Waals surface area contributed by atoms with Gasteiger partial charge in [-0.1, -0.05) is 13.8 Å². The van der Waals surface area contributed by atoms with Crippen molar-refractivity contribution in [2.75, 3.05) is 13.1 Å². The Kier molecular flexibility index (Phi) is 4.37. The molecule has 2 rings (SSSR count). The van der Waals surface area contributed by atoms with Gasteiger partial charge in [0.05, 0.1) is 0 Å². The Balaban J connectivity index is 1.84. The minimum absolute atomic E-state index is 0.214. The van der Waals surface area contributed by atoms with Gasteiger partial charge in [0.2, 0.25) is 0 Å². The molecule has 0 saturated carbocycles. The van der Waals surface area contributed by atoms with Crippen LogP contribution in [0, 0.1) is 11.7 Å². The molecule has 0 aliphatic rings. The maximum atomic E-state index is 13.0. The normalized spacial score (nSPS) is 11.6. The van der Waals surface area contributed by atoms with Crippen LogP contribution >= 0.6 is 0 Å². The number of furan rings is 1. The number of aryl methyl sites for hydroxylation is 1. The van der Waals surface area contributed by atoms with Crippen molar-refractivity contribution < 1.29 is 8.81 Å². The highest BCUT2D eigenvalue weighted by atomic mass is 19.1. The van der Waals surface area contributed by atoms with E-state index in [4.69, 9.17) is 4.42 Å². The standard InChI is InChI=1S/C15H20FNO/c1-11(2)10-17-7-3-4-14-9-12-8-13(16)5-6-15(12)18-14/h5-6,8-9,11,17H,3-4,7,10H2,1-2H3. The van der Waals surface area contributed by atoms with Crippen LogP contribution in [0.1, 0.15) is 26.0 Å². The summed E-state index contributed by atoms with van der Waals surface area (Å²) in [6.07, 6.45) is 1.93. The molecule has 0 aliphatic heterocycles. The second-order valence-corrected chi connectivity index (χ2v) is 5.10. The van der Waals surface area contributed by atoms with Gasteiger partial charge >= 0.3 is 0 Å². The van der Waals surface area contributed by atoms with Crippen LogP contribution in [-0.4, -0.2) is 13.1 Å². The van der Waals surface area contributed by atoms with Crippen LogP contribution in [0.5, 0.6) is 0 Å². The molecule has 0 spiro atoms. The van der Waals surface area contributed by atoms with Crippen LogP contribution in [0.25, 0.3) is 11.0 Å². The molecular formula is C15H20FNO.